The van der Waals surface area contributed by atoms with Crippen molar-refractivity contribution in [3.8, 4) is 11.8 Å². The maximum Gasteiger partial charge on any atom is 0.407 e. The molecule has 0 aliphatic carbocycles. The lowest BCUT2D eigenvalue weighted by Gasteiger charge is -2.21. The lowest BCUT2D eigenvalue weighted by molar-refractivity contribution is -0.129. The van der Waals surface area contributed by atoms with Gasteiger partial charge in [0.1, 0.15) is 11.6 Å². The van der Waals surface area contributed by atoms with Crippen molar-refractivity contribution >= 4 is 34.1 Å². The number of H-pyrrole nitrogens is 2. The molecule has 2 aliphatic heterocycles. The van der Waals surface area contributed by atoms with Crippen LogP contribution in [0.15, 0.2) is 36.4 Å². The van der Waals surface area contributed by atoms with Crippen LogP contribution < -0.4 is 0 Å². The van der Waals surface area contributed by atoms with Crippen LogP contribution in [0.1, 0.15) is 67.5 Å². The number of hydrogen-bond donors (Lipinski definition) is 3. The Morgan fingerprint density at radius 1 is 0.861 bits per heavy atom. The van der Waals surface area contributed by atoms with Gasteiger partial charge in [0.05, 0.1) is 34.2 Å². The number of benzene rings is 2. The number of carboxylic acid groups (broad SMARTS) is 1. The minimum Gasteiger partial charge on any atom is -0.465 e. The number of aromatic nitrogens is 4. The summed E-state index contributed by atoms with van der Waals surface area (Å²) < 4.78 is 0. The fraction of sp³-hybridized carbons (Fsp3) is 0.333. The van der Waals surface area contributed by atoms with Crippen LogP contribution in [-0.2, 0) is 4.79 Å². The Kier molecular flexibility index (Phi) is 5.37. The molecule has 0 bridgehead atoms. The molecule has 4 aromatic rings. The average molecular weight is 483 g/mol. The Bertz CT molecular complexity index is 1440. The van der Waals surface area contributed by atoms with E-state index in [1.807, 2.05) is 41.3 Å². The first-order valence-corrected chi connectivity index (χ1v) is 12.2. The number of rotatable bonds is 2. The Morgan fingerprint density at radius 3 is 1.86 bits per heavy atom. The van der Waals surface area contributed by atoms with Gasteiger partial charge in [0, 0.05) is 31.1 Å². The second kappa shape index (κ2) is 8.72. The predicted molar refractivity (Wildman–Crippen MR) is 134 cm³/mol. The Balaban J connectivity index is 1.24. The molecule has 182 valence electrons. The molecule has 2 saturated heterocycles. The highest BCUT2D eigenvalue weighted by Gasteiger charge is 2.32. The van der Waals surface area contributed by atoms with Crippen LogP contribution in [0.25, 0.3) is 22.1 Å². The van der Waals surface area contributed by atoms with Crippen LogP contribution in [0.3, 0.4) is 0 Å². The SMILES string of the molecule is CC(=O)N1CCC[C@H]1c1nc2cc(C#Cc3ccc4[nH]c([C@@H]5CCCN5C(=O)O)nc4c3)ccc2[nH]1. The lowest BCUT2D eigenvalue weighted by Crippen LogP contribution is -2.29. The lowest BCUT2D eigenvalue weighted by atomic mass is 10.1. The molecule has 0 spiro atoms. The minimum absolute atomic E-state index is 0.00159. The van der Waals surface area contributed by atoms with Crippen molar-refractivity contribution in [2.75, 3.05) is 13.1 Å². The molecule has 36 heavy (non-hydrogen) atoms. The first-order valence-electron chi connectivity index (χ1n) is 12.2. The fourth-order valence-electron chi connectivity index (χ4n) is 5.37. The van der Waals surface area contributed by atoms with Crippen molar-refractivity contribution in [2.45, 2.75) is 44.7 Å². The largest absolute Gasteiger partial charge is 0.465 e. The minimum atomic E-state index is -0.912. The zero-order valence-electron chi connectivity index (χ0n) is 19.9. The molecule has 2 aromatic heterocycles. The number of carbonyl (C=O) groups excluding carboxylic acids is 1. The summed E-state index contributed by atoms with van der Waals surface area (Å²) in [6, 6.07) is 11.4. The van der Waals surface area contributed by atoms with Gasteiger partial charge in [-0.3, -0.25) is 9.69 Å². The summed E-state index contributed by atoms with van der Waals surface area (Å²) in [6.07, 6.45) is 2.59. The highest BCUT2D eigenvalue weighted by atomic mass is 16.4. The van der Waals surface area contributed by atoms with Crippen LogP contribution in [0.5, 0.6) is 0 Å². The van der Waals surface area contributed by atoms with Gasteiger partial charge in [0.15, 0.2) is 0 Å². The van der Waals surface area contributed by atoms with Crippen molar-refractivity contribution in [1.29, 1.82) is 0 Å². The van der Waals surface area contributed by atoms with Gasteiger partial charge in [-0.2, -0.15) is 0 Å². The number of nitrogens with zero attached hydrogens (tertiary/aromatic N) is 4. The van der Waals surface area contributed by atoms with E-state index in [1.165, 1.54) is 4.90 Å². The normalized spacial score (nSPS) is 19.7. The van der Waals surface area contributed by atoms with Crippen LogP contribution in [-0.4, -0.2) is 59.9 Å². The second-order valence-electron chi connectivity index (χ2n) is 9.46. The van der Waals surface area contributed by atoms with Gasteiger partial charge in [0.25, 0.3) is 0 Å². The molecule has 3 N–H and O–H groups in total. The molecule has 0 unspecified atom stereocenters. The molecule has 4 heterocycles. The molecule has 9 nitrogen and oxygen atoms in total. The summed E-state index contributed by atoms with van der Waals surface area (Å²) >= 11 is 0. The fourth-order valence-corrected chi connectivity index (χ4v) is 5.37. The van der Waals surface area contributed by atoms with Gasteiger partial charge in [-0.15, -0.1) is 0 Å². The number of amides is 2. The van der Waals surface area contributed by atoms with Gasteiger partial charge in [-0.1, -0.05) is 11.8 Å². The zero-order chi connectivity index (χ0) is 24.8. The van der Waals surface area contributed by atoms with Crippen molar-refractivity contribution in [1.82, 2.24) is 29.7 Å². The molecule has 9 heteroatoms. The Labute approximate surface area is 207 Å². The molecule has 0 saturated carbocycles. The van der Waals surface area contributed by atoms with Gasteiger partial charge >= 0.3 is 6.09 Å². The predicted octanol–water partition coefficient (Wildman–Crippen LogP) is 4.34. The quantitative estimate of drug-likeness (QED) is 0.368. The number of nitrogens with one attached hydrogen (secondary N) is 2. The standard InChI is InChI=1S/C27H26N6O3/c1-16(34)32-12-2-4-23(32)25-28-19-10-8-17(14-21(19)30-25)6-7-18-9-11-20-22(15-18)31-26(29-20)24-5-3-13-33(24)27(35)36/h8-11,14-15,23-24H,2-5,12-13H2,1H3,(H,28,30)(H,29,31)(H,35,36)/t23-,24-/m0/s1. The maximum atomic E-state index is 11.9. The first kappa shape index (κ1) is 22.2. The van der Waals surface area contributed by atoms with E-state index >= 15 is 0 Å². The van der Waals surface area contributed by atoms with Crippen LogP contribution in [0, 0.1) is 11.8 Å². The zero-order valence-corrected chi connectivity index (χ0v) is 19.9. The van der Waals surface area contributed by atoms with Crippen LogP contribution >= 0.6 is 0 Å². The second-order valence-corrected chi connectivity index (χ2v) is 9.46. The number of aromatic amines is 2. The third-order valence-electron chi connectivity index (χ3n) is 7.14. The molecule has 6 rings (SSSR count). The van der Waals surface area contributed by atoms with Gasteiger partial charge in [0.2, 0.25) is 5.91 Å². The Morgan fingerprint density at radius 2 is 1.36 bits per heavy atom. The first-order chi connectivity index (χ1) is 17.5. The topological polar surface area (TPSA) is 118 Å². The van der Waals surface area contributed by atoms with Crippen molar-refractivity contribution in [2.24, 2.45) is 0 Å². The van der Waals surface area contributed by atoms with Crippen molar-refractivity contribution < 1.29 is 14.7 Å². The van der Waals surface area contributed by atoms with Crippen molar-refractivity contribution in [3.05, 3.63) is 59.2 Å². The van der Waals surface area contributed by atoms with Crippen molar-refractivity contribution in [3.63, 3.8) is 0 Å². The average Bonchev–Trinajstić information content (AvgIpc) is 3.65. The molecular weight excluding hydrogens is 456 g/mol. The summed E-state index contributed by atoms with van der Waals surface area (Å²) in [5, 5.41) is 9.44. The Hall–Kier alpha value is -4.32. The van der Waals surface area contributed by atoms with E-state index in [-0.39, 0.29) is 18.0 Å². The third kappa shape index (κ3) is 3.94. The van der Waals surface area contributed by atoms with Gasteiger partial charge < -0.3 is 20.0 Å². The van der Waals surface area contributed by atoms with E-state index in [0.29, 0.717) is 12.4 Å². The highest BCUT2D eigenvalue weighted by Crippen LogP contribution is 2.32. The summed E-state index contributed by atoms with van der Waals surface area (Å²) in [7, 11) is 0. The molecule has 2 aliphatic rings. The summed E-state index contributed by atoms with van der Waals surface area (Å²) in [5.74, 6) is 8.01. The number of fused-ring (bicyclic) bond motifs is 2. The third-order valence-corrected chi connectivity index (χ3v) is 7.14. The van der Waals surface area contributed by atoms with Gasteiger partial charge in [-0.25, -0.2) is 14.8 Å². The number of imidazole rings is 2. The molecular formula is C27H26N6O3. The molecule has 2 amide bonds. The van der Waals surface area contributed by atoms with E-state index in [1.54, 1.807) is 6.92 Å². The smallest absolute Gasteiger partial charge is 0.407 e. The number of likely N-dealkylation sites (tertiary alicyclic amines) is 2. The van der Waals surface area contributed by atoms with Gasteiger partial charge in [-0.05, 0) is 62.1 Å². The molecule has 2 atom stereocenters. The summed E-state index contributed by atoms with van der Waals surface area (Å²) in [6.45, 7) is 2.91. The van der Waals surface area contributed by atoms with E-state index < -0.39 is 6.09 Å². The highest BCUT2D eigenvalue weighted by molar-refractivity contribution is 5.79. The van der Waals surface area contributed by atoms with E-state index in [4.69, 9.17) is 4.98 Å². The number of carbonyl (C=O) groups is 2. The van der Waals surface area contributed by atoms with E-state index in [9.17, 15) is 14.7 Å². The number of hydrogen-bond acceptors (Lipinski definition) is 4. The van der Waals surface area contributed by atoms with E-state index in [0.717, 1.165) is 71.2 Å². The van der Waals surface area contributed by atoms with Crippen LogP contribution in [0.2, 0.25) is 0 Å². The monoisotopic (exact) mass is 482 g/mol. The molecule has 0 radical (unpaired) electrons. The van der Waals surface area contributed by atoms with E-state index in [2.05, 4.69) is 26.8 Å². The maximum absolute atomic E-state index is 11.9. The molecule has 2 fully saturated rings. The summed E-state index contributed by atoms with van der Waals surface area (Å²) in [5.41, 5.74) is 5.07. The molecule has 2 aromatic carbocycles. The van der Waals surface area contributed by atoms with Crippen LogP contribution in [0.4, 0.5) is 4.79 Å². The summed E-state index contributed by atoms with van der Waals surface area (Å²) in [4.78, 5) is 42.9.